The maximum Gasteiger partial charge on any atom is 0.00759 e. The van der Waals surface area contributed by atoms with Crippen molar-refractivity contribution in [2.75, 3.05) is 0 Å². The van der Waals surface area contributed by atoms with Crippen molar-refractivity contribution < 1.29 is 0 Å². The molecule has 1 aliphatic carbocycles. The van der Waals surface area contributed by atoms with Crippen LogP contribution in [0.25, 0.3) is 0 Å². The lowest BCUT2D eigenvalue weighted by Gasteiger charge is -2.14. The Morgan fingerprint density at radius 2 is 2.08 bits per heavy atom. The molecule has 0 amide bonds. The minimum Gasteiger partial charge on any atom is -0.327 e. The van der Waals surface area contributed by atoms with E-state index in [0.29, 0.717) is 6.04 Å². The Balaban J connectivity index is 2.06. The maximum atomic E-state index is 5.99. The van der Waals surface area contributed by atoms with Crippen LogP contribution in [-0.2, 0) is 0 Å². The van der Waals surface area contributed by atoms with Crippen molar-refractivity contribution in [1.82, 2.24) is 0 Å². The molecule has 1 saturated carbocycles. The van der Waals surface area contributed by atoms with Crippen LogP contribution in [0.3, 0.4) is 0 Å². The van der Waals surface area contributed by atoms with Gasteiger partial charge in [0.2, 0.25) is 0 Å². The van der Waals surface area contributed by atoms with Crippen LogP contribution in [0, 0.1) is 5.92 Å². The van der Waals surface area contributed by atoms with E-state index in [-0.39, 0.29) is 0 Å². The molecule has 2 N–H and O–H groups in total. The molecule has 1 nitrogen and oxygen atoms in total. The molecule has 1 atom stereocenters. The van der Waals surface area contributed by atoms with Crippen LogP contribution < -0.4 is 5.73 Å². The Bertz CT molecular complexity index is 157. The monoisotopic (exact) mass is 181 g/mol. The fourth-order valence-electron chi connectivity index (χ4n) is 2.30. The molecular formula is C12H23N. The Morgan fingerprint density at radius 3 is 2.62 bits per heavy atom. The van der Waals surface area contributed by atoms with Crippen LogP contribution in [0.1, 0.15) is 51.9 Å². The zero-order valence-electron chi connectivity index (χ0n) is 8.89. The van der Waals surface area contributed by atoms with Gasteiger partial charge in [-0.3, -0.25) is 0 Å². The molecule has 0 bridgehead atoms. The normalized spacial score (nSPS) is 20.5. The summed E-state index contributed by atoms with van der Waals surface area (Å²) in [5, 5.41) is 0. The van der Waals surface area contributed by atoms with Gasteiger partial charge in [-0.1, -0.05) is 31.3 Å². The summed E-state index contributed by atoms with van der Waals surface area (Å²) >= 11 is 0. The predicted octanol–water partition coefficient (Wildman–Crippen LogP) is 3.25. The fraction of sp³-hybridized carbons (Fsp3) is 0.833. The highest BCUT2D eigenvalue weighted by Gasteiger charge is 2.15. The predicted molar refractivity (Wildman–Crippen MR) is 58.6 cm³/mol. The number of rotatable bonds is 5. The van der Waals surface area contributed by atoms with Gasteiger partial charge in [0.15, 0.2) is 0 Å². The molecular weight excluding hydrogens is 158 g/mol. The third-order valence-corrected chi connectivity index (χ3v) is 3.03. The molecule has 1 fully saturated rings. The zero-order valence-corrected chi connectivity index (χ0v) is 8.89. The number of nitrogens with two attached hydrogens (primary N) is 1. The second-order valence-corrected chi connectivity index (χ2v) is 4.65. The Kier molecular flexibility index (Phi) is 4.51. The molecule has 1 unspecified atom stereocenters. The van der Waals surface area contributed by atoms with E-state index in [4.69, 9.17) is 5.73 Å². The highest BCUT2D eigenvalue weighted by Crippen LogP contribution is 2.29. The first-order chi connectivity index (χ1) is 6.18. The van der Waals surface area contributed by atoms with Gasteiger partial charge in [0.1, 0.15) is 0 Å². The molecule has 1 heteroatoms. The molecule has 0 spiro atoms. The molecule has 0 aromatic carbocycles. The first-order valence-corrected chi connectivity index (χ1v) is 5.58. The highest BCUT2D eigenvalue weighted by molar-refractivity contribution is 4.91. The lowest BCUT2D eigenvalue weighted by Crippen LogP contribution is -2.20. The molecule has 0 saturated heterocycles. The van der Waals surface area contributed by atoms with Gasteiger partial charge in [-0.05, 0) is 32.1 Å². The van der Waals surface area contributed by atoms with E-state index in [0.717, 1.165) is 12.3 Å². The fourth-order valence-corrected chi connectivity index (χ4v) is 2.30. The van der Waals surface area contributed by atoms with E-state index >= 15 is 0 Å². The minimum absolute atomic E-state index is 0.359. The van der Waals surface area contributed by atoms with Crippen LogP contribution in [-0.4, -0.2) is 6.04 Å². The van der Waals surface area contributed by atoms with E-state index < -0.39 is 0 Å². The van der Waals surface area contributed by atoms with Crippen molar-refractivity contribution in [3.63, 3.8) is 0 Å². The zero-order chi connectivity index (χ0) is 9.68. The summed E-state index contributed by atoms with van der Waals surface area (Å²) in [5.74, 6) is 0.983. The molecule has 0 aromatic rings. The van der Waals surface area contributed by atoms with Gasteiger partial charge in [-0.15, -0.1) is 6.58 Å². The number of hydrogen-bond acceptors (Lipinski definition) is 1. The summed E-state index contributed by atoms with van der Waals surface area (Å²) in [5.41, 5.74) is 7.21. The van der Waals surface area contributed by atoms with Gasteiger partial charge in [-0.2, -0.15) is 0 Å². The van der Waals surface area contributed by atoms with Crippen molar-refractivity contribution in [3.8, 4) is 0 Å². The van der Waals surface area contributed by atoms with Crippen LogP contribution in [0.2, 0.25) is 0 Å². The SMILES string of the molecule is C=C(C)CC(N)CCC1CCCC1. The molecule has 13 heavy (non-hydrogen) atoms. The van der Waals surface area contributed by atoms with E-state index in [1.165, 1.54) is 44.1 Å². The van der Waals surface area contributed by atoms with Crippen molar-refractivity contribution in [2.24, 2.45) is 11.7 Å². The first-order valence-electron chi connectivity index (χ1n) is 5.58. The largest absolute Gasteiger partial charge is 0.327 e. The second kappa shape index (κ2) is 5.43. The van der Waals surface area contributed by atoms with Gasteiger partial charge in [0.05, 0.1) is 0 Å². The van der Waals surface area contributed by atoms with Crippen LogP contribution in [0.4, 0.5) is 0 Å². The first kappa shape index (κ1) is 10.8. The van der Waals surface area contributed by atoms with E-state index in [1.807, 2.05) is 0 Å². The van der Waals surface area contributed by atoms with Crippen molar-refractivity contribution in [2.45, 2.75) is 57.9 Å². The van der Waals surface area contributed by atoms with Gasteiger partial charge in [0, 0.05) is 6.04 Å². The third-order valence-electron chi connectivity index (χ3n) is 3.03. The topological polar surface area (TPSA) is 26.0 Å². The molecule has 1 rings (SSSR count). The average Bonchev–Trinajstić information content (AvgIpc) is 2.51. The summed E-state index contributed by atoms with van der Waals surface area (Å²) in [6.07, 6.45) is 9.32. The van der Waals surface area contributed by atoms with Crippen molar-refractivity contribution in [1.29, 1.82) is 0 Å². The second-order valence-electron chi connectivity index (χ2n) is 4.65. The summed E-state index contributed by atoms with van der Waals surface area (Å²) in [7, 11) is 0. The molecule has 1 aliphatic rings. The van der Waals surface area contributed by atoms with Gasteiger partial charge >= 0.3 is 0 Å². The summed E-state index contributed by atoms with van der Waals surface area (Å²) < 4.78 is 0. The van der Waals surface area contributed by atoms with Crippen LogP contribution in [0.5, 0.6) is 0 Å². The van der Waals surface area contributed by atoms with Gasteiger partial charge in [0.25, 0.3) is 0 Å². The number of hydrogen-bond donors (Lipinski definition) is 1. The Morgan fingerprint density at radius 1 is 1.46 bits per heavy atom. The average molecular weight is 181 g/mol. The van der Waals surface area contributed by atoms with Crippen molar-refractivity contribution in [3.05, 3.63) is 12.2 Å². The minimum atomic E-state index is 0.359. The molecule has 76 valence electrons. The van der Waals surface area contributed by atoms with E-state index in [2.05, 4.69) is 13.5 Å². The summed E-state index contributed by atoms with van der Waals surface area (Å²) in [6.45, 7) is 5.96. The van der Waals surface area contributed by atoms with E-state index in [9.17, 15) is 0 Å². The van der Waals surface area contributed by atoms with Gasteiger partial charge < -0.3 is 5.73 Å². The quantitative estimate of drug-likeness (QED) is 0.647. The smallest absolute Gasteiger partial charge is 0.00759 e. The standard InChI is InChI=1S/C12H23N/c1-10(2)9-12(13)8-7-11-5-3-4-6-11/h11-12H,1,3-9,13H2,2H3. The van der Waals surface area contributed by atoms with Crippen LogP contribution in [0.15, 0.2) is 12.2 Å². The summed E-state index contributed by atoms with van der Waals surface area (Å²) in [6, 6.07) is 0.359. The molecule has 0 heterocycles. The lowest BCUT2D eigenvalue weighted by molar-refractivity contribution is 0.447. The Labute approximate surface area is 82.4 Å². The Hall–Kier alpha value is -0.300. The maximum absolute atomic E-state index is 5.99. The third kappa shape index (κ3) is 4.47. The highest BCUT2D eigenvalue weighted by atomic mass is 14.6. The lowest BCUT2D eigenvalue weighted by atomic mass is 9.96. The van der Waals surface area contributed by atoms with Crippen molar-refractivity contribution >= 4 is 0 Å². The van der Waals surface area contributed by atoms with E-state index in [1.54, 1.807) is 0 Å². The molecule has 0 aromatic heterocycles. The molecule has 0 aliphatic heterocycles. The summed E-state index contributed by atoms with van der Waals surface area (Å²) in [4.78, 5) is 0. The molecule has 0 radical (unpaired) electrons. The van der Waals surface area contributed by atoms with Gasteiger partial charge in [-0.25, -0.2) is 0 Å². The van der Waals surface area contributed by atoms with Crippen LogP contribution >= 0.6 is 0 Å².